The Morgan fingerprint density at radius 3 is 2.77 bits per heavy atom. The van der Waals surface area contributed by atoms with Gasteiger partial charge >= 0.3 is 5.97 Å². The SMILES string of the molecule is CCCCC(NC(=O)Cc1csc2nc(-c3cc(OC)ccc3OC)cn12)C(=O)O. The van der Waals surface area contributed by atoms with Crippen molar-refractivity contribution >= 4 is 28.2 Å². The van der Waals surface area contributed by atoms with E-state index in [4.69, 9.17) is 9.47 Å². The lowest BCUT2D eigenvalue weighted by atomic mass is 10.1. The highest BCUT2D eigenvalue weighted by atomic mass is 32.1. The Balaban J connectivity index is 1.82. The van der Waals surface area contributed by atoms with Gasteiger partial charge in [0.2, 0.25) is 5.91 Å². The van der Waals surface area contributed by atoms with Gasteiger partial charge in [-0.15, -0.1) is 11.3 Å². The number of aromatic nitrogens is 2. The summed E-state index contributed by atoms with van der Waals surface area (Å²) >= 11 is 1.42. The number of ether oxygens (including phenoxy) is 2. The van der Waals surface area contributed by atoms with Crippen LogP contribution in [0.15, 0.2) is 29.8 Å². The van der Waals surface area contributed by atoms with Crippen LogP contribution in [0, 0.1) is 0 Å². The van der Waals surface area contributed by atoms with Gasteiger partial charge in [0.1, 0.15) is 17.5 Å². The van der Waals surface area contributed by atoms with Crippen molar-refractivity contribution in [2.45, 2.75) is 38.6 Å². The Bertz CT molecular complexity index is 1040. The number of hydrogen-bond donors (Lipinski definition) is 2. The molecular weight excluding hydrogens is 406 g/mol. The molecule has 0 spiro atoms. The van der Waals surface area contributed by atoms with Gasteiger partial charge in [-0.3, -0.25) is 9.20 Å². The number of carboxylic acid groups (broad SMARTS) is 1. The van der Waals surface area contributed by atoms with Crippen molar-refractivity contribution in [3.8, 4) is 22.8 Å². The first-order valence-corrected chi connectivity index (χ1v) is 10.5. The molecular formula is C21H25N3O5S. The topological polar surface area (TPSA) is 102 Å². The summed E-state index contributed by atoms with van der Waals surface area (Å²) in [7, 11) is 3.19. The van der Waals surface area contributed by atoms with E-state index in [0.717, 1.165) is 29.1 Å². The molecule has 2 aromatic heterocycles. The third-order valence-corrected chi connectivity index (χ3v) is 5.68. The highest BCUT2D eigenvalue weighted by Gasteiger charge is 2.21. The summed E-state index contributed by atoms with van der Waals surface area (Å²) in [5, 5.41) is 13.8. The minimum Gasteiger partial charge on any atom is -0.497 e. The monoisotopic (exact) mass is 431 g/mol. The summed E-state index contributed by atoms with van der Waals surface area (Å²) < 4.78 is 12.6. The normalized spacial score (nSPS) is 12.0. The molecule has 0 bridgehead atoms. The molecule has 30 heavy (non-hydrogen) atoms. The molecule has 0 aliphatic heterocycles. The van der Waals surface area contributed by atoms with Crippen LogP contribution in [-0.2, 0) is 16.0 Å². The zero-order valence-electron chi connectivity index (χ0n) is 17.2. The fourth-order valence-corrected chi connectivity index (χ4v) is 4.05. The van der Waals surface area contributed by atoms with Gasteiger partial charge in [0.05, 0.1) is 26.3 Å². The third-order valence-electron chi connectivity index (χ3n) is 4.79. The van der Waals surface area contributed by atoms with E-state index in [0.29, 0.717) is 23.6 Å². The van der Waals surface area contributed by atoms with Crippen molar-refractivity contribution in [2.75, 3.05) is 14.2 Å². The second-order valence-electron chi connectivity index (χ2n) is 6.85. The summed E-state index contributed by atoms with van der Waals surface area (Å²) in [4.78, 5) is 29.2. The lowest BCUT2D eigenvalue weighted by Gasteiger charge is -2.13. The predicted molar refractivity (Wildman–Crippen MR) is 114 cm³/mol. The number of methoxy groups -OCH3 is 2. The van der Waals surface area contributed by atoms with Crippen molar-refractivity contribution in [3.05, 3.63) is 35.5 Å². The molecule has 160 valence electrons. The first-order chi connectivity index (χ1) is 14.5. The lowest BCUT2D eigenvalue weighted by Crippen LogP contribution is -2.41. The van der Waals surface area contributed by atoms with Crippen LogP contribution in [0.25, 0.3) is 16.2 Å². The number of unbranched alkanes of at least 4 members (excludes halogenated alkanes) is 1. The molecule has 1 amide bonds. The lowest BCUT2D eigenvalue weighted by molar-refractivity contribution is -0.142. The summed E-state index contributed by atoms with van der Waals surface area (Å²) in [6.07, 6.45) is 3.95. The number of nitrogens with zero attached hydrogens (tertiary/aromatic N) is 2. The van der Waals surface area contributed by atoms with Gasteiger partial charge in [-0.2, -0.15) is 0 Å². The molecule has 0 saturated carbocycles. The highest BCUT2D eigenvalue weighted by Crippen LogP contribution is 2.34. The maximum absolute atomic E-state index is 12.5. The Labute approximate surface area is 178 Å². The van der Waals surface area contributed by atoms with E-state index in [1.165, 1.54) is 11.3 Å². The van der Waals surface area contributed by atoms with Crippen molar-refractivity contribution in [1.29, 1.82) is 0 Å². The van der Waals surface area contributed by atoms with E-state index in [2.05, 4.69) is 10.3 Å². The molecule has 3 rings (SSSR count). The quantitative estimate of drug-likeness (QED) is 0.510. The van der Waals surface area contributed by atoms with E-state index in [9.17, 15) is 14.7 Å². The highest BCUT2D eigenvalue weighted by molar-refractivity contribution is 7.15. The van der Waals surface area contributed by atoms with E-state index in [1.807, 2.05) is 41.1 Å². The van der Waals surface area contributed by atoms with Crippen LogP contribution in [0.4, 0.5) is 0 Å². The minimum atomic E-state index is -1.01. The minimum absolute atomic E-state index is 0.0704. The van der Waals surface area contributed by atoms with Crippen molar-refractivity contribution in [2.24, 2.45) is 0 Å². The molecule has 1 unspecified atom stereocenters. The van der Waals surface area contributed by atoms with E-state index in [-0.39, 0.29) is 12.3 Å². The number of fused-ring (bicyclic) bond motifs is 1. The second-order valence-corrected chi connectivity index (χ2v) is 7.69. The first-order valence-electron chi connectivity index (χ1n) is 9.66. The number of amides is 1. The first kappa shape index (κ1) is 21.6. The standard InChI is InChI=1S/C21H25N3O5S/c1-4-5-6-16(20(26)27)22-19(25)9-13-12-30-21-23-17(11-24(13)21)15-10-14(28-2)7-8-18(15)29-3/h7-8,10-12,16H,4-6,9H2,1-3H3,(H,22,25)(H,26,27). The number of aliphatic carboxylic acids is 1. The molecule has 1 atom stereocenters. The molecule has 0 radical (unpaired) electrons. The number of nitrogens with one attached hydrogen (secondary N) is 1. The van der Waals surface area contributed by atoms with Crippen molar-refractivity contribution in [1.82, 2.24) is 14.7 Å². The fraction of sp³-hybridized carbons (Fsp3) is 0.381. The summed E-state index contributed by atoms with van der Waals surface area (Å²) in [5.41, 5.74) is 2.23. The van der Waals surface area contributed by atoms with Crippen LogP contribution in [0.1, 0.15) is 31.9 Å². The Morgan fingerprint density at radius 1 is 1.30 bits per heavy atom. The van der Waals surface area contributed by atoms with Gasteiger partial charge in [-0.05, 0) is 24.6 Å². The largest absolute Gasteiger partial charge is 0.497 e. The number of carbonyl (C=O) groups is 2. The molecule has 2 heterocycles. The zero-order chi connectivity index (χ0) is 21.7. The maximum atomic E-state index is 12.5. The van der Waals surface area contributed by atoms with Gasteiger partial charge in [0, 0.05) is 22.8 Å². The number of carboxylic acids is 1. The van der Waals surface area contributed by atoms with E-state index >= 15 is 0 Å². The summed E-state index contributed by atoms with van der Waals surface area (Å²) in [6, 6.07) is 4.61. The molecule has 9 heteroatoms. The van der Waals surface area contributed by atoms with Crippen LogP contribution >= 0.6 is 11.3 Å². The maximum Gasteiger partial charge on any atom is 0.326 e. The van der Waals surface area contributed by atoms with Gasteiger partial charge in [-0.1, -0.05) is 19.8 Å². The number of imidazole rings is 1. The van der Waals surface area contributed by atoms with Gasteiger partial charge in [0.25, 0.3) is 0 Å². The molecule has 3 aromatic rings. The average molecular weight is 432 g/mol. The average Bonchev–Trinajstić information content (AvgIpc) is 3.32. The van der Waals surface area contributed by atoms with Crippen LogP contribution < -0.4 is 14.8 Å². The summed E-state index contributed by atoms with van der Waals surface area (Å²) in [5.74, 6) is 0.0179. The van der Waals surface area contributed by atoms with Crippen LogP contribution in [-0.4, -0.2) is 46.6 Å². The Hall–Kier alpha value is -3.07. The molecule has 2 N–H and O–H groups in total. The predicted octanol–water partition coefficient (Wildman–Crippen LogP) is 3.38. The van der Waals surface area contributed by atoms with Crippen LogP contribution in [0.2, 0.25) is 0 Å². The molecule has 0 saturated heterocycles. The molecule has 1 aromatic carbocycles. The zero-order valence-corrected chi connectivity index (χ0v) is 18.0. The molecule has 0 aliphatic rings. The molecule has 8 nitrogen and oxygen atoms in total. The number of hydrogen-bond acceptors (Lipinski definition) is 6. The van der Waals surface area contributed by atoms with Gasteiger partial charge in [0.15, 0.2) is 4.96 Å². The Morgan fingerprint density at radius 2 is 2.10 bits per heavy atom. The van der Waals surface area contributed by atoms with Gasteiger partial charge < -0.3 is 19.9 Å². The smallest absolute Gasteiger partial charge is 0.326 e. The van der Waals surface area contributed by atoms with E-state index in [1.54, 1.807) is 14.2 Å². The Kier molecular flexibility index (Phi) is 6.94. The van der Waals surface area contributed by atoms with Crippen molar-refractivity contribution < 1.29 is 24.2 Å². The molecule has 0 aliphatic carbocycles. The van der Waals surface area contributed by atoms with Crippen molar-refractivity contribution in [3.63, 3.8) is 0 Å². The third kappa shape index (κ3) is 4.73. The van der Waals surface area contributed by atoms with Gasteiger partial charge in [-0.25, -0.2) is 9.78 Å². The molecule has 0 fully saturated rings. The number of carbonyl (C=O) groups excluding carboxylic acids is 1. The number of thiazole rings is 1. The second kappa shape index (κ2) is 9.62. The van der Waals surface area contributed by atoms with Crippen LogP contribution in [0.3, 0.4) is 0 Å². The van der Waals surface area contributed by atoms with E-state index < -0.39 is 12.0 Å². The summed E-state index contributed by atoms with van der Waals surface area (Å²) in [6.45, 7) is 1.98. The fourth-order valence-electron chi connectivity index (χ4n) is 3.18. The number of rotatable bonds is 10. The number of benzene rings is 1. The van der Waals surface area contributed by atoms with Crippen LogP contribution in [0.5, 0.6) is 11.5 Å².